The standard InChI is InChI=1S/C15H13ClFN3O3/c1-9(23-12-5-3-11(17)4-6-12)14(21)19-20-15(22)10-2-7-13(16)18-8-10/h2-9H,1H3,(H,19,21)(H,20,22). The summed E-state index contributed by atoms with van der Waals surface area (Å²) in [4.78, 5) is 27.4. The molecule has 2 aromatic rings. The molecule has 2 rings (SSSR count). The summed E-state index contributed by atoms with van der Waals surface area (Å²) in [6.45, 7) is 1.49. The van der Waals surface area contributed by atoms with Crippen LogP contribution in [0.5, 0.6) is 5.75 Å². The average molecular weight is 338 g/mol. The van der Waals surface area contributed by atoms with Gasteiger partial charge >= 0.3 is 0 Å². The van der Waals surface area contributed by atoms with Gasteiger partial charge in [0, 0.05) is 6.20 Å². The Hall–Kier alpha value is -2.67. The van der Waals surface area contributed by atoms with Gasteiger partial charge in [0.25, 0.3) is 11.8 Å². The van der Waals surface area contributed by atoms with Crippen LogP contribution in [0.4, 0.5) is 4.39 Å². The van der Waals surface area contributed by atoms with E-state index in [1.54, 1.807) is 0 Å². The average Bonchev–Trinajstić information content (AvgIpc) is 2.55. The Morgan fingerprint density at radius 3 is 2.48 bits per heavy atom. The number of amides is 2. The minimum absolute atomic E-state index is 0.238. The first-order chi connectivity index (χ1) is 11.0. The summed E-state index contributed by atoms with van der Waals surface area (Å²) in [7, 11) is 0. The van der Waals surface area contributed by atoms with E-state index in [0.717, 1.165) is 0 Å². The Morgan fingerprint density at radius 1 is 1.17 bits per heavy atom. The number of benzene rings is 1. The third-order valence-electron chi connectivity index (χ3n) is 2.78. The highest BCUT2D eigenvalue weighted by molar-refractivity contribution is 6.29. The van der Waals surface area contributed by atoms with Crippen LogP contribution in [0.3, 0.4) is 0 Å². The maximum Gasteiger partial charge on any atom is 0.279 e. The van der Waals surface area contributed by atoms with E-state index in [4.69, 9.17) is 16.3 Å². The zero-order valence-electron chi connectivity index (χ0n) is 12.0. The summed E-state index contributed by atoms with van der Waals surface area (Å²) >= 11 is 5.62. The maximum atomic E-state index is 12.8. The summed E-state index contributed by atoms with van der Waals surface area (Å²) in [5.41, 5.74) is 4.70. The van der Waals surface area contributed by atoms with E-state index < -0.39 is 23.7 Å². The fourth-order valence-electron chi connectivity index (χ4n) is 1.57. The first-order valence-electron chi connectivity index (χ1n) is 6.59. The van der Waals surface area contributed by atoms with Crippen LogP contribution in [0.1, 0.15) is 17.3 Å². The number of carbonyl (C=O) groups excluding carboxylic acids is 2. The maximum absolute atomic E-state index is 12.8. The molecule has 23 heavy (non-hydrogen) atoms. The first-order valence-corrected chi connectivity index (χ1v) is 6.97. The Morgan fingerprint density at radius 2 is 1.87 bits per heavy atom. The van der Waals surface area contributed by atoms with Gasteiger partial charge in [-0.25, -0.2) is 9.37 Å². The third-order valence-corrected chi connectivity index (χ3v) is 3.01. The van der Waals surface area contributed by atoms with Gasteiger partial charge in [-0.3, -0.25) is 20.4 Å². The fraction of sp³-hybridized carbons (Fsp3) is 0.133. The van der Waals surface area contributed by atoms with Crippen LogP contribution < -0.4 is 15.6 Å². The lowest BCUT2D eigenvalue weighted by molar-refractivity contribution is -0.128. The Labute approximate surface area is 136 Å². The molecule has 0 radical (unpaired) electrons. The Balaban J connectivity index is 1.84. The van der Waals surface area contributed by atoms with E-state index in [1.807, 2.05) is 0 Å². The molecule has 2 N–H and O–H groups in total. The van der Waals surface area contributed by atoms with E-state index in [2.05, 4.69) is 15.8 Å². The van der Waals surface area contributed by atoms with Crippen molar-refractivity contribution < 1.29 is 18.7 Å². The second-order valence-electron chi connectivity index (χ2n) is 4.53. The number of aromatic nitrogens is 1. The van der Waals surface area contributed by atoms with Crippen molar-refractivity contribution in [3.05, 3.63) is 59.1 Å². The lowest BCUT2D eigenvalue weighted by atomic mass is 10.3. The molecule has 6 nitrogen and oxygen atoms in total. The molecule has 1 aromatic heterocycles. The summed E-state index contributed by atoms with van der Waals surface area (Å²) in [5.74, 6) is -1.18. The number of pyridine rings is 1. The van der Waals surface area contributed by atoms with Crippen molar-refractivity contribution in [1.29, 1.82) is 0 Å². The van der Waals surface area contributed by atoms with Gasteiger partial charge in [0.2, 0.25) is 0 Å². The van der Waals surface area contributed by atoms with E-state index in [0.29, 0.717) is 5.75 Å². The number of hydrogen-bond acceptors (Lipinski definition) is 4. The number of hydrazine groups is 1. The summed E-state index contributed by atoms with van der Waals surface area (Å²) in [6, 6.07) is 8.16. The van der Waals surface area contributed by atoms with Gasteiger partial charge in [-0.1, -0.05) is 11.6 Å². The van der Waals surface area contributed by atoms with Gasteiger partial charge in [-0.05, 0) is 43.3 Å². The molecule has 1 unspecified atom stereocenters. The highest BCUT2D eigenvalue weighted by Gasteiger charge is 2.16. The molecule has 0 saturated heterocycles. The molecule has 0 aliphatic rings. The second kappa shape index (κ2) is 7.55. The molecule has 120 valence electrons. The van der Waals surface area contributed by atoms with E-state index >= 15 is 0 Å². The molecule has 0 saturated carbocycles. The van der Waals surface area contributed by atoms with Crippen LogP contribution in [0, 0.1) is 5.82 Å². The zero-order valence-corrected chi connectivity index (χ0v) is 12.8. The predicted octanol–water partition coefficient (Wildman–Crippen LogP) is 2.10. The lowest BCUT2D eigenvalue weighted by Crippen LogP contribution is -2.47. The largest absolute Gasteiger partial charge is 0.481 e. The molecule has 1 aromatic carbocycles. The Kier molecular flexibility index (Phi) is 5.48. The molecule has 1 atom stereocenters. The number of halogens is 2. The number of carbonyl (C=O) groups is 2. The molecule has 2 amide bonds. The van der Waals surface area contributed by atoms with E-state index in [1.165, 1.54) is 49.5 Å². The SMILES string of the molecule is CC(Oc1ccc(F)cc1)C(=O)NNC(=O)c1ccc(Cl)nc1. The van der Waals surface area contributed by atoms with Crippen molar-refractivity contribution in [3.63, 3.8) is 0 Å². The summed E-state index contributed by atoms with van der Waals surface area (Å²) in [6.07, 6.45) is 0.395. The van der Waals surface area contributed by atoms with Crippen molar-refractivity contribution in [2.75, 3.05) is 0 Å². The fourth-order valence-corrected chi connectivity index (χ4v) is 1.68. The van der Waals surface area contributed by atoms with Crippen LogP contribution in [-0.4, -0.2) is 22.9 Å². The van der Waals surface area contributed by atoms with Gasteiger partial charge in [-0.15, -0.1) is 0 Å². The highest BCUT2D eigenvalue weighted by atomic mass is 35.5. The van der Waals surface area contributed by atoms with Crippen LogP contribution in [-0.2, 0) is 4.79 Å². The van der Waals surface area contributed by atoms with Gasteiger partial charge < -0.3 is 4.74 Å². The molecule has 0 bridgehead atoms. The molecule has 1 heterocycles. The van der Waals surface area contributed by atoms with Gasteiger partial charge in [-0.2, -0.15) is 0 Å². The molecule has 0 fully saturated rings. The Bertz CT molecular complexity index is 692. The van der Waals surface area contributed by atoms with Crippen molar-refractivity contribution in [2.45, 2.75) is 13.0 Å². The summed E-state index contributed by atoms with van der Waals surface area (Å²) < 4.78 is 18.1. The molecule has 0 spiro atoms. The predicted molar refractivity (Wildman–Crippen MR) is 81.3 cm³/mol. The van der Waals surface area contributed by atoms with Crippen LogP contribution in [0.25, 0.3) is 0 Å². The monoisotopic (exact) mass is 337 g/mol. The van der Waals surface area contributed by atoms with Crippen LogP contribution >= 0.6 is 11.6 Å². The smallest absolute Gasteiger partial charge is 0.279 e. The number of ether oxygens (including phenoxy) is 1. The van der Waals surface area contributed by atoms with Crippen LogP contribution in [0.2, 0.25) is 5.15 Å². The van der Waals surface area contributed by atoms with Gasteiger partial charge in [0.1, 0.15) is 16.7 Å². The minimum atomic E-state index is -0.885. The third kappa shape index (κ3) is 4.93. The van der Waals surface area contributed by atoms with Crippen molar-refractivity contribution >= 4 is 23.4 Å². The quantitative estimate of drug-likeness (QED) is 0.661. The molecule has 8 heteroatoms. The molecular formula is C15H13ClFN3O3. The zero-order chi connectivity index (χ0) is 16.8. The van der Waals surface area contributed by atoms with Gasteiger partial charge in [0.05, 0.1) is 5.56 Å². The lowest BCUT2D eigenvalue weighted by Gasteiger charge is -2.15. The number of hydrogen-bond donors (Lipinski definition) is 2. The van der Waals surface area contributed by atoms with Crippen molar-refractivity contribution in [2.24, 2.45) is 0 Å². The number of nitrogens with one attached hydrogen (secondary N) is 2. The van der Waals surface area contributed by atoms with Crippen molar-refractivity contribution in [1.82, 2.24) is 15.8 Å². The summed E-state index contributed by atoms with van der Waals surface area (Å²) in [5, 5.41) is 0.256. The number of nitrogens with zero attached hydrogens (tertiary/aromatic N) is 1. The minimum Gasteiger partial charge on any atom is -0.481 e. The number of rotatable bonds is 4. The molecule has 0 aliphatic heterocycles. The molecule has 0 aliphatic carbocycles. The van der Waals surface area contributed by atoms with Crippen LogP contribution in [0.15, 0.2) is 42.6 Å². The first kappa shape index (κ1) is 16.7. The molecular weight excluding hydrogens is 325 g/mol. The van der Waals surface area contributed by atoms with Gasteiger partial charge in [0.15, 0.2) is 6.10 Å². The van der Waals surface area contributed by atoms with Crippen molar-refractivity contribution in [3.8, 4) is 5.75 Å². The van der Waals surface area contributed by atoms with E-state index in [9.17, 15) is 14.0 Å². The topological polar surface area (TPSA) is 80.3 Å². The second-order valence-corrected chi connectivity index (χ2v) is 4.91. The highest BCUT2D eigenvalue weighted by Crippen LogP contribution is 2.12. The normalized spacial score (nSPS) is 11.4. The van der Waals surface area contributed by atoms with E-state index in [-0.39, 0.29) is 10.7 Å².